The first-order valence-electron chi connectivity index (χ1n) is 10.0. The van der Waals surface area contributed by atoms with E-state index in [9.17, 15) is 9.59 Å². The zero-order valence-electron chi connectivity index (χ0n) is 17.5. The molecule has 1 saturated heterocycles. The van der Waals surface area contributed by atoms with Gasteiger partial charge in [0.1, 0.15) is 6.04 Å². The molecule has 0 N–H and O–H groups in total. The van der Waals surface area contributed by atoms with E-state index in [0.717, 1.165) is 31.4 Å². The smallest absolute Gasteiger partial charge is 0.323 e. The summed E-state index contributed by atoms with van der Waals surface area (Å²) in [6, 6.07) is 5.35. The molecule has 6 nitrogen and oxygen atoms in total. The van der Waals surface area contributed by atoms with Crippen LogP contribution in [0.4, 0.5) is 0 Å². The fourth-order valence-corrected chi connectivity index (χ4v) is 3.35. The first-order chi connectivity index (χ1) is 13.6. The number of carbonyl (C=O) groups excluding carboxylic acids is 2. The molecule has 7 heteroatoms. The van der Waals surface area contributed by atoms with E-state index in [2.05, 4.69) is 4.90 Å². The molecule has 0 aromatic heterocycles. The molecular weight excluding hydrogens is 394 g/mol. The van der Waals surface area contributed by atoms with E-state index in [0.29, 0.717) is 37.7 Å². The van der Waals surface area contributed by atoms with Crippen LogP contribution in [0.3, 0.4) is 0 Å². The molecule has 1 fully saturated rings. The molecule has 1 heterocycles. The Morgan fingerprint density at radius 2 is 1.97 bits per heavy atom. The van der Waals surface area contributed by atoms with Gasteiger partial charge < -0.3 is 14.2 Å². The minimum Gasteiger partial charge on any atom is -0.493 e. The standard InChI is InChI=1S/C22H31NO5.ClH/c1-4-27-20-12-10-17(16-21(20)26-3)9-11-18(24)13-15-23-14-7-6-8-19(23)22(25)28-5-2;/h9-12,16,19H,4-8,13-15H2,1-3H3;1H. The highest BCUT2D eigenvalue weighted by Gasteiger charge is 2.29. The molecule has 1 aliphatic heterocycles. The molecule has 0 spiro atoms. The lowest BCUT2D eigenvalue weighted by Crippen LogP contribution is -2.46. The molecule has 29 heavy (non-hydrogen) atoms. The number of likely N-dealkylation sites (tertiary alicyclic amines) is 1. The predicted molar refractivity (Wildman–Crippen MR) is 116 cm³/mol. The monoisotopic (exact) mass is 425 g/mol. The third-order valence-electron chi connectivity index (χ3n) is 4.77. The molecule has 2 rings (SSSR count). The zero-order chi connectivity index (χ0) is 20.4. The molecule has 0 saturated carbocycles. The van der Waals surface area contributed by atoms with Gasteiger partial charge in [-0.3, -0.25) is 14.5 Å². The third-order valence-corrected chi connectivity index (χ3v) is 4.77. The van der Waals surface area contributed by atoms with Crippen molar-refractivity contribution in [2.75, 3.05) is 33.4 Å². The van der Waals surface area contributed by atoms with Crippen molar-refractivity contribution in [3.05, 3.63) is 29.8 Å². The normalized spacial score (nSPS) is 16.9. The average molecular weight is 426 g/mol. The number of ether oxygens (including phenoxy) is 3. The number of methoxy groups -OCH3 is 1. The van der Waals surface area contributed by atoms with Gasteiger partial charge in [0, 0.05) is 13.0 Å². The maximum atomic E-state index is 12.3. The Hall–Kier alpha value is -2.05. The summed E-state index contributed by atoms with van der Waals surface area (Å²) in [4.78, 5) is 26.5. The Bertz CT molecular complexity index is 692. The zero-order valence-corrected chi connectivity index (χ0v) is 18.3. The quantitative estimate of drug-likeness (QED) is 0.418. The minimum absolute atomic E-state index is 0. The number of nitrogens with zero attached hydrogens (tertiary/aromatic N) is 1. The van der Waals surface area contributed by atoms with Crippen LogP contribution in [0.5, 0.6) is 11.5 Å². The van der Waals surface area contributed by atoms with Gasteiger partial charge in [0.2, 0.25) is 0 Å². The molecule has 0 radical (unpaired) electrons. The number of benzene rings is 1. The second-order valence-corrected chi connectivity index (χ2v) is 6.69. The summed E-state index contributed by atoms with van der Waals surface area (Å²) in [6.07, 6.45) is 6.60. The summed E-state index contributed by atoms with van der Waals surface area (Å²) in [5.41, 5.74) is 0.871. The fourth-order valence-electron chi connectivity index (χ4n) is 3.35. The van der Waals surface area contributed by atoms with E-state index in [1.807, 2.05) is 32.0 Å². The number of halogens is 1. The highest BCUT2D eigenvalue weighted by molar-refractivity contribution is 5.93. The van der Waals surface area contributed by atoms with Crippen LogP contribution in [0.25, 0.3) is 6.08 Å². The van der Waals surface area contributed by atoms with Crippen LogP contribution in [0.1, 0.15) is 45.1 Å². The number of hydrogen-bond donors (Lipinski definition) is 0. The van der Waals surface area contributed by atoms with E-state index in [1.54, 1.807) is 19.3 Å². The van der Waals surface area contributed by atoms with Crippen LogP contribution in [-0.4, -0.2) is 56.1 Å². The fraction of sp³-hybridized carbons (Fsp3) is 0.545. The van der Waals surface area contributed by atoms with Crippen LogP contribution >= 0.6 is 12.4 Å². The molecular formula is C22H32ClNO5. The number of esters is 1. The van der Waals surface area contributed by atoms with Gasteiger partial charge in [0.15, 0.2) is 17.3 Å². The van der Waals surface area contributed by atoms with Crippen LogP contribution in [0.2, 0.25) is 0 Å². The van der Waals surface area contributed by atoms with E-state index in [-0.39, 0.29) is 30.2 Å². The van der Waals surface area contributed by atoms with E-state index >= 15 is 0 Å². The van der Waals surface area contributed by atoms with Crippen molar-refractivity contribution in [2.45, 2.75) is 45.6 Å². The summed E-state index contributed by atoms with van der Waals surface area (Å²) in [6.45, 7) is 6.08. The number of ketones is 1. The Labute approximate surface area is 179 Å². The Morgan fingerprint density at radius 3 is 2.66 bits per heavy atom. The van der Waals surface area contributed by atoms with Gasteiger partial charge in [-0.1, -0.05) is 18.6 Å². The molecule has 1 aromatic rings. The van der Waals surface area contributed by atoms with Crippen LogP contribution in [0, 0.1) is 0 Å². The predicted octanol–water partition coefficient (Wildman–Crippen LogP) is 3.91. The molecule has 1 unspecified atom stereocenters. The lowest BCUT2D eigenvalue weighted by molar-refractivity contribution is -0.151. The SMILES string of the molecule is CCOC(=O)C1CCCCN1CCC(=O)C=Cc1ccc(OCC)c(OC)c1.Cl. The van der Waals surface area contributed by atoms with Crippen molar-refractivity contribution >= 4 is 30.2 Å². The molecule has 162 valence electrons. The largest absolute Gasteiger partial charge is 0.493 e. The van der Waals surface area contributed by atoms with Gasteiger partial charge >= 0.3 is 5.97 Å². The van der Waals surface area contributed by atoms with Crippen molar-refractivity contribution in [1.82, 2.24) is 4.90 Å². The lowest BCUT2D eigenvalue weighted by atomic mass is 10.0. The summed E-state index contributed by atoms with van der Waals surface area (Å²) in [5, 5.41) is 0. The Balaban J connectivity index is 0.00000420. The highest BCUT2D eigenvalue weighted by atomic mass is 35.5. The average Bonchev–Trinajstić information content (AvgIpc) is 2.72. The molecule has 0 bridgehead atoms. The van der Waals surface area contributed by atoms with Crippen molar-refractivity contribution in [3.8, 4) is 11.5 Å². The van der Waals surface area contributed by atoms with Crippen LogP contribution in [0.15, 0.2) is 24.3 Å². The molecule has 1 aliphatic rings. The second-order valence-electron chi connectivity index (χ2n) is 6.69. The number of hydrogen-bond acceptors (Lipinski definition) is 6. The highest BCUT2D eigenvalue weighted by Crippen LogP contribution is 2.28. The molecule has 1 atom stereocenters. The number of piperidine rings is 1. The summed E-state index contributed by atoms with van der Waals surface area (Å²) >= 11 is 0. The molecule has 0 amide bonds. The minimum atomic E-state index is -0.221. The topological polar surface area (TPSA) is 65.1 Å². The van der Waals surface area contributed by atoms with Gasteiger partial charge in [-0.25, -0.2) is 0 Å². The van der Waals surface area contributed by atoms with Gasteiger partial charge in [-0.2, -0.15) is 0 Å². The lowest BCUT2D eigenvalue weighted by Gasteiger charge is -2.33. The first-order valence-corrected chi connectivity index (χ1v) is 10.0. The maximum absolute atomic E-state index is 12.3. The van der Waals surface area contributed by atoms with Gasteiger partial charge in [0.25, 0.3) is 0 Å². The van der Waals surface area contributed by atoms with Crippen LogP contribution < -0.4 is 9.47 Å². The maximum Gasteiger partial charge on any atom is 0.323 e. The Morgan fingerprint density at radius 1 is 1.17 bits per heavy atom. The number of carbonyl (C=O) groups is 2. The van der Waals surface area contributed by atoms with Crippen molar-refractivity contribution in [1.29, 1.82) is 0 Å². The van der Waals surface area contributed by atoms with Crippen molar-refractivity contribution in [2.24, 2.45) is 0 Å². The van der Waals surface area contributed by atoms with E-state index in [1.165, 1.54) is 0 Å². The van der Waals surface area contributed by atoms with Gasteiger partial charge in [-0.15, -0.1) is 12.4 Å². The van der Waals surface area contributed by atoms with E-state index in [4.69, 9.17) is 14.2 Å². The van der Waals surface area contributed by atoms with Gasteiger partial charge in [-0.05, 0) is 57.0 Å². The molecule has 0 aliphatic carbocycles. The van der Waals surface area contributed by atoms with Crippen molar-refractivity contribution in [3.63, 3.8) is 0 Å². The Kier molecular flexibility index (Phi) is 11.4. The van der Waals surface area contributed by atoms with Gasteiger partial charge in [0.05, 0.1) is 20.3 Å². The van der Waals surface area contributed by atoms with Crippen LogP contribution in [-0.2, 0) is 14.3 Å². The summed E-state index contributed by atoms with van der Waals surface area (Å²) in [7, 11) is 1.59. The third kappa shape index (κ3) is 7.71. The number of rotatable bonds is 10. The van der Waals surface area contributed by atoms with Crippen molar-refractivity contribution < 1.29 is 23.8 Å². The number of allylic oxidation sites excluding steroid dienone is 1. The molecule has 1 aromatic carbocycles. The first kappa shape index (κ1) is 25.0. The van der Waals surface area contributed by atoms with E-state index < -0.39 is 0 Å². The second kappa shape index (κ2) is 13.2. The summed E-state index contributed by atoms with van der Waals surface area (Å²) in [5.74, 6) is 1.18. The summed E-state index contributed by atoms with van der Waals surface area (Å²) < 4.78 is 16.0.